The fourth-order valence-electron chi connectivity index (χ4n) is 7.09. The molecule has 9 nitrogen and oxygen atoms in total. The van der Waals surface area contributed by atoms with E-state index in [1.54, 1.807) is 27.6 Å². The third-order valence-electron chi connectivity index (χ3n) is 8.95. The summed E-state index contributed by atoms with van der Waals surface area (Å²) in [6.45, 7) is 11.7. The number of hydrogen-bond donors (Lipinski definition) is 1. The van der Waals surface area contributed by atoms with Gasteiger partial charge in [0.2, 0.25) is 11.8 Å². The molecule has 7 atom stereocenters. The van der Waals surface area contributed by atoms with E-state index in [1.807, 2.05) is 30.3 Å². The molecule has 2 amide bonds. The minimum absolute atomic E-state index is 0.0571. The molecule has 1 aromatic carbocycles. The molecule has 2 bridgehead atoms. The van der Waals surface area contributed by atoms with Crippen molar-refractivity contribution in [2.75, 3.05) is 59.2 Å². The van der Waals surface area contributed by atoms with Crippen LogP contribution in [0.25, 0.3) is 0 Å². The van der Waals surface area contributed by atoms with Crippen molar-refractivity contribution in [1.29, 1.82) is 0 Å². The van der Waals surface area contributed by atoms with Gasteiger partial charge in [0.1, 0.15) is 12.6 Å². The van der Waals surface area contributed by atoms with E-state index in [0.29, 0.717) is 45.7 Å². The zero-order valence-electron chi connectivity index (χ0n) is 23.8. The van der Waals surface area contributed by atoms with Crippen molar-refractivity contribution in [1.82, 2.24) is 14.7 Å². The van der Waals surface area contributed by atoms with Crippen molar-refractivity contribution in [3.05, 3.63) is 61.2 Å². The lowest BCUT2D eigenvalue weighted by molar-refractivity contribution is -0.153. The van der Waals surface area contributed by atoms with Crippen LogP contribution in [0.5, 0.6) is 0 Å². The lowest BCUT2D eigenvalue weighted by Gasteiger charge is -2.40. The average Bonchev–Trinajstić information content (AvgIpc) is 3.60. The zero-order valence-corrected chi connectivity index (χ0v) is 26.2. The number of carbonyl (C=O) groups excluding carboxylic acids is 3. The molecule has 1 N–H and O–H groups in total. The van der Waals surface area contributed by atoms with Gasteiger partial charge >= 0.3 is 5.97 Å². The molecule has 4 saturated heterocycles. The summed E-state index contributed by atoms with van der Waals surface area (Å²) in [6.07, 6.45) is 4.18. The Morgan fingerprint density at radius 3 is 2.64 bits per heavy atom. The van der Waals surface area contributed by atoms with Crippen LogP contribution in [0.4, 0.5) is 0 Å². The molecule has 1 spiro atoms. The number of hydrogen-bond acceptors (Lipinski definition) is 8. The predicted molar refractivity (Wildman–Crippen MR) is 165 cm³/mol. The fourth-order valence-corrected chi connectivity index (χ4v) is 10.7. The van der Waals surface area contributed by atoms with Gasteiger partial charge < -0.3 is 24.4 Å². The first kappa shape index (κ1) is 31.3. The molecule has 1 aromatic rings. The van der Waals surface area contributed by atoms with E-state index in [1.165, 1.54) is 6.08 Å². The third kappa shape index (κ3) is 5.83. The third-order valence-corrected chi connectivity index (χ3v) is 12.2. The molecule has 4 aliphatic rings. The maximum Gasteiger partial charge on any atom is 0.311 e. The zero-order chi connectivity index (χ0) is 29.9. The smallest absolute Gasteiger partial charge is 0.311 e. The Morgan fingerprint density at radius 1 is 1.24 bits per heavy atom. The van der Waals surface area contributed by atoms with Gasteiger partial charge in [-0.1, -0.05) is 65.0 Å². The highest BCUT2D eigenvalue weighted by molar-refractivity contribution is 9.09. The van der Waals surface area contributed by atoms with Crippen molar-refractivity contribution >= 4 is 45.5 Å². The van der Waals surface area contributed by atoms with E-state index in [2.05, 4.69) is 34.0 Å². The van der Waals surface area contributed by atoms with Gasteiger partial charge in [0.05, 0.1) is 42.4 Å². The summed E-state index contributed by atoms with van der Waals surface area (Å²) in [5.41, 5.74) is 0.956. The van der Waals surface area contributed by atoms with Crippen LogP contribution in [0.15, 0.2) is 55.6 Å². The molecular weight excluding hydrogens is 622 g/mol. The number of esters is 1. The van der Waals surface area contributed by atoms with Gasteiger partial charge in [0.25, 0.3) is 0 Å². The fraction of sp³-hybridized carbons (Fsp3) is 0.581. The van der Waals surface area contributed by atoms with Gasteiger partial charge in [0, 0.05) is 42.8 Å². The van der Waals surface area contributed by atoms with Crippen molar-refractivity contribution in [3.8, 4) is 0 Å². The molecule has 3 unspecified atom stereocenters. The molecule has 4 fully saturated rings. The molecule has 0 aliphatic carbocycles. The Bertz CT molecular complexity index is 1170. The SMILES string of the molecule is C=CCOC(=O)[C@H]1[C@@H]2SC3(CC2Br)C(C(=O)N(CC=C)CCN2CCOCC2)N([C@@H](CO)Cc2ccccc2)C(=O)[C@H]13. The summed E-state index contributed by atoms with van der Waals surface area (Å²) < 4.78 is 10.2. The normalized spacial score (nSPS) is 31.0. The summed E-state index contributed by atoms with van der Waals surface area (Å²) in [7, 11) is 0. The first-order valence-corrected chi connectivity index (χ1v) is 16.4. The van der Waals surface area contributed by atoms with Gasteiger partial charge in [0.15, 0.2) is 0 Å². The van der Waals surface area contributed by atoms with Crippen LogP contribution in [0.2, 0.25) is 0 Å². The molecule has 0 aromatic heterocycles. The Balaban J connectivity index is 1.51. The van der Waals surface area contributed by atoms with Crippen LogP contribution in [0.3, 0.4) is 0 Å². The average molecular weight is 663 g/mol. The van der Waals surface area contributed by atoms with Gasteiger partial charge in [-0.25, -0.2) is 0 Å². The maximum atomic E-state index is 14.7. The second-order valence-electron chi connectivity index (χ2n) is 11.4. The van der Waals surface area contributed by atoms with Crippen LogP contribution < -0.4 is 0 Å². The Hall–Kier alpha value is -2.18. The number of morpholine rings is 1. The Kier molecular flexibility index (Phi) is 10.1. The standard InChI is InChI=1S/C31H40BrN3O6S/c1-3-10-34(12-11-33-13-16-40-17-14-33)29(38)27-31-19-23(32)26(42-31)24(30(39)41-15-4-2)25(31)28(37)35(27)22(20-36)18-21-8-6-5-7-9-21/h3-9,22-27,36H,1-2,10-20H2/t22-,23?,24-,25+,26-,27?,31?/m1/s1. The summed E-state index contributed by atoms with van der Waals surface area (Å²) >= 11 is 5.36. The monoisotopic (exact) mass is 661 g/mol. The van der Waals surface area contributed by atoms with Crippen LogP contribution in [-0.2, 0) is 30.3 Å². The maximum absolute atomic E-state index is 14.7. The minimum atomic E-state index is -0.840. The largest absolute Gasteiger partial charge is 0.461 e. The van der Waals surface area contributed by atoms with Gasteiger partial charge in [-0.05, 0) is 18.4 Å². The van der Waals surface area contributed by atoms with Crippen molar-refractivity contribution in [2.24, 2.45) is 11.8 Å². The number of fused-ring (bicyclic) bond motifs is 1. The lowest BCUT2D eigenvalue weighted by atomic mass is 9.71. The Labute approximate surface area is 260 Å². The first-order valence-electron chi connectivity index (χ1n) is 14.6. The van der Waals surface area contributed by atoms with E-state index in [0.717, 1.165) is 18.7 Å². The Morgan fingerprint density at radius 2 is 1.98 bits per heavy atom. The summed E-state index contributed by atoms with van der Waals surface area (Å²) in [5, 5.41) is 10.5. The highest BCUT2D eigenvalue weighted by atomic mass is 79.9. The van der Waals surface area contributed by atoms with E-state index >= 15 is 0 Å². The minimum Gasteiger partial charge on any atom is -0.461 e. The van der Waals surface area contributed by atoms with Crippen LogP contribution in [0, 0.1) is 11.8 Å². The molecular formula is C31H40BrN3O6S. The van der Waals surface area contributed by atoms with Crippen LogP contribution >= 0.6 is 27.7 Å². The van der Waals surface area contributed by atoms with Crippen molar-refractivity contribution in [3.63, 3.8) is 0 Å². The van der Waals surface area contributed by atoms with E-state index in [9.17, 15) is 19.5 Å². The first-order chi connectivity index (χ1) is 20.4. The number of ether oxygens (including phenoxy) is 2. The van der Waals surface area contributed by atoms with Crippen LogP contribution in [-0.4, -0.2) is 124 Å². The number of benzene rings is 1. The van der Waals surface area contributed by atoms with Crippen molar-refractivity contribution in [2.45, 2.75) is 39.7 Å². The van der Waals surface area contributed by atoms with Gasteiger partial charge in [-0.15, -0.1) is 18.3 Å². The van der Waals surface area contributed by atoms with Crippen LogP contribution in [0.1, 0.15) is 12.0 Å². The number of likely N-dealkylation sites (tertiary alicyclic amines) is 1. The summed E-state index contributed by atoms with van der Waals surface area (Å²) in [5.74, 6) is -2.28. The molecule has 228 valence electrons. The molecule has 11 heteroatoms. The summed E-state index contributed by atoms with van der Waals surface area (Å²) in [4.78, 5) is 48.2. The number of alkyl halides is 1. The second-order valence-corrected chi connectivity index (χ2v) is 14.1. The van der Waals surface area contributed by atoms with Gasteiger partial charge in [-0.3, -0.25) is 19.3 Å². The summed E-state index contributed by atoms with van der Waals surface area (Å²) in [6, 6.07) is 8.19. The van der Waals surface area contributed by atoms with E-state index in [-0.39, 0.29) is 35.1 Å². The van der Waals surface area contributed by atoms with E-state index in [4.69, 9.17) is 9.47 Å². The molecule has 4 aliphatic heterocycles. The highest BCUT2D eigenvalue weighted by Crippen LogP contribution is 2.68. The quantitative estimate of drug-likeness (QED) is 0.195. The number of nitrogens with zero attached hydrogens (tertiary/aromatic N) is 3. The second kappa shape index (κ2) is 13.6. The number of aliphatic hydroxyl groups is 1. The number of carbonyl (C=O) groups is 3. The molecule has 0 radical (unpaired) electrons. The highest BCUT2D eigenvalue weighted by Gasteiger charge is 2.76. The molecule has 0 saturated carbocycles. The predicted octanol–water partition coefficient (Wildman–Crippen LogP) is 2.13. The van der Waals surface area contributed by atoms with E-state index < -0.39 is 34.6 Å². The number of rotatable bonds is 13. The lowest BCUT2D eigenvalue weighted by Crippen LogP contribution is -2.59. The topological polar surface area (TPSA) is 99.6 Å². The number of aliphatic hydroxyl groups excluding tert-OH is 1. The molecule has 5 rings (SSSR count). The molecule has 42 heavy (non-hydrogen) atoms. The number of thioether (sulfide) groups is 1. The number of halogens is 1. The van der Waals surface area contributed by atoms with Crippen molar-refractivity contribution < 1.29 is 29.0 Å². The number of amides is 2. The van der Waals surface area contributed by atoms with Gasteiger partial charge in [-0.2, -0.15) is 0 Å². The molecule has 4 heterocycles.